The summed E-state index contributed by atoms with van der Waals surface area (Å²) in [7, 11) is 2.10. The van der Waals surface area contributed by atoms with Crippen molar-refractivity contribution in [3.8, 4) is 5.75 Å². The Kier molecular flexibility index (Phi) is 5.13. The van der Waals surface area contributed by atoms with Gasteiger partial charge in [-0.1, -0.05) is 20.3 Å². The molecule has 0 amide bonds. The van der Waals surface area contributed by atoms with Gasteiger partial charge in [0.25, 0.3) is 0 Å². The molecule has 17 heavy (non-hydrogen) atoms. The van der Waals surface area contributed by atoms with E-state index < -0.39 is 0 Å². The predicted octanol–water partition coefficient (Wildman–Crippen LogP) is 3.15. The first-order valence-electron chi connectivity index (χ1n) is 6.31. The van der Waals surface area contributed by atoms with Crippen molar-refractivity contribution >= 4 is 11.4 Å². The molecule has 1 aromatic carbocycles. The van der Waals surface area contributed by atoms with Gasteiger partial charge in [0.05, 0.1) is 12.3 Å². The summed E-state index contributed by atoms with van der Waals surface area (Å²) in [5.74, 6) is 1.47. The highest BCUT2D eigenvalue weighted by Crippen LogP contribution is 2.27. The van der Waals surface area contributed by atoms with E-state index in [1.54, 1.807) is 0 Å². The third-order valence-electron chi connectivity index (χ3n) is 3.02. The number of hydrogen-bond acceptors (Lipinski definition) is 3. The number of rotatable bonds is 6. The predicted molar refractivity (Wildman–Crippen MR) is 74.7 cm³/mol. The number of benzene rings is 1. The van der Waals surface area contributed by atoms with Crippen LogP contribution in [0.1, 0.15) is 27.2 Å². The van der Waals surface area contributed by atoms with Crippen LogP contribution >= 0.6 is 0 Å². The Labute approximate surface area is 105 Å². The first-order valence-corrected chi connectivity index (χ1v) is 6.31. The van der Waals surface area contributed by atoms with Crippen LogP contribution < -0.4 is 15.4 Å². The summed E-state index contributed by atoms with van der Waals surface area (Å²) in [5.41, 5.74) is 7.72. The van der Waals surface area contributed by atoms with Crippen LogP contribution in [0.4, 0.5) is 11.4 Å². The summed E-state index contributed by atoms with van der Waals surface area (Å²) in [6.07, 6.45) is 1.19. The molecule has 1 rings (SSSR count). The standard InChI is InChI=1S/C14H24N2O/c1-5-11(3)10-16(4)12-7-8-13(15)14(9-12)17-6-2/h7-9,11H,5-6,10,15H2,1-4H3. The van der Waals surface area contributed by atoms with Crippen molar-refractivity contribution in [1.82, 2.24) is 0 Å². The largest absolute Gasteiger partial charge is 0.492 e. The second kappa shape index (κ2) is 6.38. The molecular formula is C14H24N2O. The van der Waals surface area contributed by atoms with Crippen LogP contribution in [-0.4, -0.2) is 20.2 Å². The minimum Gasteiger partial charge on any atom is -0.492 e. The van der Waals surface area contributed by atoms with Gasteiger partial charge in [0.1, 0.15) is 5.75 Å². The van der Waals surface area contributed by atoms with Crippen molar-refractivity contribution in [1.29, 1.82) is 0 Å². The van der Waals surface area contributed by atoms with Crippen LogP contribution in [0, 0.1) is 5.92 Å². The lowest BCUT2D eigenvalue weighted by Gasteiger charge is -2.23. The Morgan fingerprint density at radius 3 is 2.65 bits per heavy atom. The number of nitrogens with two attached hydrogens (primary N) is 1. The van der Waals surface area contributed by atoms with Crippen LogP contribution in [0.5, 0.6) is 5.75 Å². The van der Waals surface area contributed by atoms with Gasteiger partial charge in [0.15, 0.2) is 0 Å². The van der Waals surface area contributed by atoms with E-state index in [2.05, 4.69) is 25.8 Å². The maximum absolute atomic E-state index is 5.86. The molecule has 0 radical (unpaired) electrons. The molecule has 1 aromatic rings. The van der Waals surface area contributed by atoms with Crippen molar-refractivity contribution in [2.24, 2.45) is 5.92 Å². The van der Waals surface area contributed by atoms with Gasteiger partial charge in [-0.25, -0.2) is 0 Å². The molecule has 0 fully saturated rings. The minimum atomic E-state index is 0.642. The fourth-order valence-electron chi connectivity index (χ4n) is 1.74. The summed E-state index contributed by atoms with van der Waals surface area (Å²) in [4.78, 5) is 2.25. The second-order valence-electron chi connectivity index (χ2n) is 4.55. The molecule has 0 bridgehead atoms. The summed E-state index contributed by atoms with van der Waals surface area (Å²) < 4.78 is 5.51. The third kappa shape index (κ3) is 3.84. The molecule has 0 aromatic heterocycles. The minimum absolute atomic E-state index is 0.642. The van der Waals surface area contributed by atoms with Gasteiger partial charge in [-0.3, -0.25) is 0 Å². The van der Waals surface area contributed by atoms with Gasteiger partial charge in [0, 0.05) is 25.3 Å². The van der Waals surface area contributed by atoms with Crippen LogP contribution in [0.3, 0.4) is 0 Å². The molecule has 1 atom stereocenters. The van der Waals surface area contributed by atoms with Gasteiger partial charge in [-0.05, 0) is 25.0 Å². The first kappa shape index (κ1) is 13.7. The van der Waals surface area contributed by atoms with E-state index in [-0.39, 0.29) is 0 Å². The molecular weight excluding hydrogens is 212 g/mol. The van der Waals surface area contributed by atoms with Crippen molar-refractivity contribution < 1.29 is 4.74 Å². The molecule has 0 heterocycles. The highest BCUT2D eigenvalue weighted by molar-refractivity contribution is 5.62. The smallest absolute Gasteiger partial charge is 0.144 e. The molecule has 1 unspecified atom stereocenters. The molecule has 3 heteroatoms. The van der Waals surface area contributed by atoms with E-state index >= 15 is 0 Å². The lowest BCUT2D eigenvalue weighted by molar-refractivity contribution is 0.342. The third-order valence-corrected chi connectivity index (χ3v) is 3.02. The molecule has 0 aliphatic rings. The highest BCUT2D eigenvalue weighted by atomic mass is 16.5. The number of anilines is 2. The highest BCUT2D eigenvalue weighted by Gasteiger charge is 2.08. The number of ether oxygens (including phenoxy) is 1. The number of nitrogen functional groups attached to an aromatic ring is 1. The lowest BCUT2D eigenvalue weighted by Crippen LogP contribution is -2.23. The van der Waals surface area contributed by atoms with E-state index in [4.69, 9.17) is 10.5 Å². The molecule has 0 aliphatic heterocycles. The van der Waals surface area contributed by atoms with E-state index in [0.717, 1.165) is 18.0 Å². The van der Waals surface area contributed by atoms with Crippen LogP contribution in [-0.2, 0) is 0 Å². The Bertz CT molecular complexity index is 352. The van der Waals surface area contributed by atoms with Gasteiger partial charge in [-0.15, -0.1) is 0 Å². The van der Waals surface area contributed by atoms with Gasteiger partial charge >= 0.3 is 0 Å². The van der Waals surface area contributed by atoms with Crippen molar-refractivity contribution in [3.05, 3.63) is 18.2 Å². The zero-order chi connectivity index (χ0) is 12.8. The van der Waals surface area contributed by atoms with E-state index in [9.17, 15) is 0 Å². The molecule has 0 spiro atoms. The van der Waals surface area contributed by atoms with Crippen molar-refractivity contribution in [2.45, 2.75) is 27.2 Å². The molecule has 0 aliphatic carbocycles. The molecule has 0 saturated carbocycles. The normalized spacial score (nSPS) is 12.2. The van der Waals surface area contributed by atoms with Crippen LogP contribution in [0.25, 0.3) is 0 Å². The summed E-state index contributed by atoms with van der Waals surface area (Å²) in [6, 6.07) is 5.97. The summed E-state index contributed by atoms with van der Waals surface area (Å²) >= 11 is 0. The fourth-order valence-corrected chi connectivity index (χ4v) is 1.74. The van der Waals surface area contributed by atoms with E-state index in [1.807, 2.05) is 25.1 Å². The molecule has 0 saturated heterocycles. The quantitative estimate of drug-likeness (QED) is 0.771. The monoisotopic (exact) mass is 236 g/mol. The molecule has 3 nitrogen and oxygen atoms in total. The van der Waals surface area contributed by atoms with Gasteiger partial charge < -0.3 is 15.4 Å². The van der Waals surface area contributed by atoms with Crippen LogP contribution in [0.15, 0.2) is 18.2 Å². The maximum atomic E-state index is 5.86. The van der Waals surface area contributed by atoms with Crippen molar-refractivity contribution in [2.75, 3.05) is 30.8 Å². The van der Waals surface area contributed by atoms with E-state index in [1.165, 1.54) is 6.42 Å². The van der Waals surface area contributed by atoms with Gasteiger partial charge in [-0.2, -0.15) is 0 Å². The van der Waals surface area contributed by atoms with E-state index in [0.29, 0.717) is 18.2 Å². The topological polar surface area (TPSA) is 38.5 Å². The lowest BCUT2D eigenvalue weighted by atomic mass is 10.1. The fraction of sp³-hybridized carbons (Fsp3) is 0.571. The molecule has 2 N–H and O–H groups in total. The van der Waals surface area contributed by atoms with Crippen LogP contribution in [0.2, 0.25) is 0 Å². The SMILES string of the molecule is CCOc1cc(N(C)CC(C)CC)ccc1N. The average Bonchev–Trinajstić information content (AvgIpc) is 2.32. The Balaban J connectivity index is 2.79. The Hall–Kier alpha value is -1.38. The maximum Gasteiger partial charge on any atom is 0.144 e. The zero-order valence-electron chi connectivity index (χ0n) is 11.4. The summed E-state index contributed by atoms with van der Waals surface area (Å²) in [5, 5.41) is 0. The second-order valence-corrected chi connectivity index (χ2v) is 4.55. The zero-order valence-corrected chi connectivity index (χ0v) is 11.4. The Morgan fingerprint density at radius 1 is 1.35 bits per heavy atom. The number of nitrogens with zero attached hydrogens (tertiary/aromatic N) is 1. The van der Waals surface area contributed by atoms with Crippen molar-refractivity contribution in [3.63, 3.8) is 0 Å². The summed E-state index contributed by atoms with van der Waals surface area (Å²) in [6.45, 7) is 8.13. The Morgan fingerprint density at radius 2 is 2.06 bits per heavy atom. The van der Waals surface area contributed by atoms with Gasteiger partial charge in [0.2, 0.25) is 0 Å². The number of hydrogen-bond donors (Lipinski definition) is 1. The average molecular weight is 236 g/mol. The molecule has 96 valence electrons. The first-order chi connectivity index (χ1) is 8.08.